The van der Waals surface area contributed by atoms with Crippen molar-refractivity contribution in [1.82, 2.24) is 20.2 Å². The van der Waals surface area contributed by atoms with Crippen LogP contribution in [0.25, 0.3) is 0 Å². The molecule has 4 amide bonds. The molecule has 0 aromatic heterocycles. The minimum atomic E-state index is -0.802. The largest absolute Gasteiger partial charge is 0.454 e. The van der Waals surface area contributed by atoms with Crippen LogP contribution in [0.15, 0.2) is 18.2 Å². The molecule has 0 aliphatic carbocycles. The third kappa shape index (κ3) is 7.12. The van der Waals surface area contributed by atoms with Crippen LogP contribution < -0.4 is 14.8 Å². The highest BCUT2D eigenvalue weighted by Crippen LogP contribution is 2.33. The monoisotopic (exact) mass is 518 g/mol. The van der Waals surface area contributed by atoms with Gasteiger partial charge in [0.15, 0.2) is 11.5 Å². The number of hydrogen-bond acceptors (Lipinski definition) is 7. The number of carbonyl (C=O) groups is 4. The first kappa shape index (κ1) is 28.2. The zero-order chi connectivity index (χ0) is 27.2. The molecule has 1 aromatic rings. The molecular weight excluding hydrogens is 480 g/mol. The Morgan fingerprint density at radius 2 is 1.76 bits per heavy atom. The van der Waals surface area contributed by atoms with Crippen LogP contribution in [0.1, 0.15) is 57.3 Å². The van der Waals surface area contributed by atoms with Gasteiger partial charge < -0.3 is 24.6 Å². The summed E-state index contributed by atoms with van der Waals surface area (Å²) in [4.78, 5) is 53.9. The van der Waals surface area contributed by atoms with Crippen molar-refractivity contribution >= 4 is 24.1 Å². The number of piperazine rings is 1. The summed E-state index contributed by atoms with van der Waals surface area (Å²) in [6.07, 6.45) is 2.35. The molecule has 1 aromatic carbocycles. The molecule has 1 saturated heterocycles. The van der Waals surface area contributed by atoms with Crippen molar-refractivity contribution in [3.05, 3.63) is 23.8 Å². The fourth-order valence-electron chi connectivity index (χ4n) is 4.46. The molecule has 2 N–H and O–H groups in total. The Morgan fingerprint density at radius 1 is 1.11 bits per heavy atom. The molecule has 11 heteroatoms. The van der Waals surface area contributed by atoms with Gasteiger partial charge in [-0.25, -0.2) is 5.06 Å². The van der Waals surface area contributed by atoms with Gasteiger partial charge in [0.05, 0.1) is 12.5 Å². The van der Waals surface area contributed by atoms with Crippen LogP contribution in [-0.4, -0.2) is 89.8 Å². The minimum Gasteiger partial charge on any atom is -0.454 e. The first-order valence-electron chi connectivity index (χ1n) is 12.7. The molecule has 11 nitrogen and oxygen atoms in total. The van der Waals surface area contributed by atoms with Gasteiger partial charge in [-0.05, 0) is 30.0 Å². The van der Waals surface area contributed by atoms with E-state index in [2.05, 4.69) is 5.32 Å². The number of amides is 4. The summed E-state index contributed by atoms with van der Waals surface area (Å²) in [5.41, 5.74) is -0.0827. The molecule has 2 heterocycles. The van der Waals surface area contributed by atoms with E-state index in [1.54, 1.807) is 28.0 Å². The number of nitrogens with zero attached hydrogens (tertiary/aromatic N) is 3. The number of unbranched alkanes of at least 4 members (excludes halogenated alkanes) is 1. The standard InChI is InChI=1S/C26H38N4O7/c1-5-6-7-19(15-30(35)16-31)23(32)27-22(26(2,3)4)25(34)29-12-10-28(11-13-29)24(33)18-8-9-20-21(14-18)37-17-36-20/h8-9,14,16,19,22,35H,5-7,10-13,15,17H2,1-4H3,(H,27,32)/t19-,22-/m1/s1. The lowest BCUT2D eigenvalue weighted by molar-refractivity contribution is -0.155. The number of hydroxylamine groups is 2. The molecule has 0 radical (unpaired) electrons. The molecule has 204 valence electrons. The van der Waals surface area contributed by atoms with Crippen LogP contribution in [0.3, 0.4) is 0 Å². The van der Waals surface area contributed by atoms with Crippen molar-refractivity contribution in [2.75, 3.05) is 39.5 Å². The lowest BCUT2D eigenvalue weighted by Gasteiger charge is -2.40. The van der Waals surface area contributed by atoms with Crippen molar-refractivity contribution in [1.29, 1.82) is 0 Å². The second kappa shape index (κ2) is 12.3. The fourth-order valence-corrected chi connectivity index (χ4v) is 4.46. The van der Waals surface area contributed by atoms with E-state index in [0.717, 1.165) is 12.8 Å². The maximum Gasteiger partial charge on any atom is 0.254 e. The van der Waals surface area contributed by atoms with Crippen molar-refractivity contribution in [3.63, 3.8) is 0 Å². The van der Waals surface area contributed by atoms with E-state index >= 15 is 0 Å². The van der Waals surface area contributed by atoms with Crippen molar-refractivity contribution in [2.45, 2.75) is 53.0 Å². The Bertz CT molecular complexity index is 986. The van der Waals surface area contributed by atoms with Crippen LogP contribution in [0.2, 0.25) is 0 Å². The molecule has 37 heavy (non-hydrogen) atoms. The lowest BCUT2D eigenvalue weighted by Crippen LogP contribution is -2.60. The molecule has 1 fully saturated rings. The van der Waals surface area contributed by atoms with Gasteiger partial charge in [-0.2, -0.15) is 0 Å². The van der Waals surface area contributed by atoms with Gasteiger partial charge in [0, 0.05) is 31.7 Å². The van der Waals surface area contributed by atoms with E-state index in [0.29, 0.717) is 54.7 Å². The first-order chi connectivity index (χ1) is 17.5. The highest BCUT2D eigenvalue weighted by Gasteiger charge is 2.38. The number of rotatable bonds is 10. The van der Waals surface area contributed by atoms with Gasteiger partial charge in [-0.3, -0.25) is 24.4 Å². The normalized spacial score (nSPS) is 16.7. The van der Waals surface area contributed by atoms with Crippen molar-refractivity contribution < 1.29 is 33.9 Å². The van der Waals surface area contributed by atoms with E-state index in [1.807, 2.05) is 27.7 Å². The summed E-state index contributed by atoms with van der Waals surface area (Å²) in [7, 11) is 0. The number of fused-ring (bicyclic) bond motifs is 1. The predicted molar refractivity (Wildman–Crippen MR) is 134 cm³/mol. The van der Waals surface area contributed by atoms with E-state index < -0.39 is 17.4 Å². The lowest BCUT2D eigenvalue weighted by atomic mass is 9.85. The molecule has 3 rings (SSSR count). The summed E-state index contributed by atoms with van der Waals surface area (Å²) < 4.78 is 10.7. The number of carbonyl (C=O) groups excluding carboxylic acids is 4. The van der Waals surface area contributed by atoms with Gasteiger partial charge in [0.2, 0.25) is 25.0 Å². The molecule has 0 saturated carbocycles. The van der Waals surface area contributed by atoms with Crippen molar-refractivity contribution in [3.8, 4) is 11.5 Å². The van der Waals surface area contributed by atoms with Crippen LogP contribution in [0.5, 0.6) is 11.5 Å². The third-order valence-corrected chi connectivity index (χ3v) is 6.70. The quantitative estimate of drug-likeness (QED) is 0.275. The summed E-state index contributed by atoms with van der Waals surface area (Å²) in [6, 6.07) is 4.28. The third-order valence-electron chi connectivity index (χ3n) is 6.70. The van der Waals surface area contributed by atoms with Crippen LogP contribution in [0, 0.1) is 11.3 Å². The fraction of sp³-hybridized carbons (Fsp3) is 0.615. The second-order valence-electron chi connectivity index (χ2n) is 10.6. The highest BCUT2D eigenvalue weighted by atomic mass is 16.7. The van der Waals surface area contributed by atoms with Gasteiger partial charge in [-0.1, -0.05) is 40.5 Å². The topological polar surface area (TPSA) is 129 Å². The minimum absolute atomic E-state index is 0.133. The molecular formula is C26H38N4O7. The van der Waals surface area contributed by atoms with Crippen LogP contribution in [-0.2, 0) is 14.4 Å². The van der Waals surface area contributed by atoms with Gasteiger partial charge in [0.1, 0.15) is 6.04 Å². The molecule has 2 aliphatic rings. The zero-order valence-electron chi connectivity index (χ0n) is 22.1. The Morgan fingerprint density at radius 3 is 2.38 bits per heavy atom. The molecule has 2 aliphatic heterocycles. The number of hydrogen-bond donors (Lipinski definition) is 2. The Labute approximate surface area is 217 Å². The highest BCUT2D eigenvalue weighted by molar-refractivity contribution is 5.95. The summed E-state index contributed by atoms with van der Waals surface area (Å²) >= 11 is 0. The number of benzene rings is 1. The average molecular weight is 519 g/mol. The molecule has 0 bridgehead atoms. The average Bonchev–Trinajstić information content (AvgIpc) is 3.36. The van der Waals surface area contributed by atoms with E-state index in [-0.39, 0.29) is 37.5 Å². The Balaban J connectivity index is 1.63. The van der Waals surface area contributed by atoms with Gasteiger partial charge in [-0.15, -0.1) is 0 Å². The van der Waals surface area contributed by atoms with Crippen LogP contribution in [0.4, 0.5) is 0 Å². The summed E-state index contributed by atoms with van der Waals surface area (Å²) in [6.45, 7) is 9.02. The van der Waals surface area contributed by atoms with Crippen molar-refractivity contribution in [2.24, 2.45) is 11.3 Å². The molecule has 0 spiro atoms. The maximum absolute atomic E-state index is 13.5. The van der Waals surface area contributed by atoms with Crippen LogP contribution >= 0.6 is 0 Å². The molecule has 0 unspecified atom stereocenters. The number of nitrogens with one attached hydrogen (secondary N) is 1. The smallest absolute Gasteiger partial charge is 0.254 e. The SMILES string of the molecule is CCCC[C@H](CN(O)C=O)C(=O)N[C@H](C(=O)N1CCN(C(=O)c2ccc3c(c2)OCO3)CC1)C(C)(C)C. The van der Waals surface area contributed by atoms with E-state index in [1.165, 1.54) is 0 Å². The predicted octanol–water partition coefficient (Wildman–Crippen LogP) is 1.88. The maximum atomic E-state index is 13.5. The first-order valence-corrected chi connectivity index (χ1v) is 12.7. The van der Waals surface area contributed by atoms with E-state index in [9.17, 15) is 24.4 Å². The zero-order valence-corrected chi connectivity index (χ0v) is 22.1. The Hall–Kier alpha value is -3.34. The molecule has 2 atom stereocenters. The Kier molecular flexibility index (Phi) is 9.36. The number of ether oxygens (including phenoxy) is 2. The van der Waals surface area contributed by atoms with E-state index in [4.69, 9.17) is 9.47 Å². The summed E-state index contributed by atoms with van der Waals surface area (Å²) in [5.74, 6) is -0.228. The van der Waals surface area contributed by atoms with Gasteiger partial charge in [0.25, 0.3) is 5.91 Å². The summed E-state index contributed by atoms with van der Waals surface area (Å²) in [5, 5.41) is 13.0. The van der Waals surface area contributed by atoms with Gasteiger partial charge >= 0.3 is 0 Å². The second-order valence-corrected chi connectivity index (χ2v) is 10.6.